The fraction of sp³-hybridized carbons (Fsp3) is 0.548. The lowest BCUT2D eigenvalue weighted by atomic mass is 9.95. The van der Waals surface area contributed by atoms with E-state index in [1.54, 1.807) is 13.0 Å². The molecule has 8 heteroatoms. The number of phenols is 1. The van der Waals surface area contributed by atoms with Crippen molar-refractivity contribution < 1.29 is 24.5 Å². The molecule has 39 heavy (non-hydrogen) atoms. The second-order valence-electron chi connectivity index (χ2n) is 10.5. The summed E-state index contributed by atoms with van der Waals surface area (Å²) in [5, 5.41) is 36.3. The number of benzene rings is 1. The standard InChI is InChI=1S/C31H47N3O5/c1-5-6-7-30-25(20-35)16-27(39-30)10-8-23-9-11-29(37)31(14-23)38-13-12-26-15-24(18-33-26)22(3)28(19-32-4)34-17-21(2)36/h9,11,14-16,18,21-22,28,32-37H,5-8,10,12-13,17,19-20H2,1-4H3. The Morgan fingerprint density at radius 3 is 2.59 bits per heavy atom. The van der Waals surface area contributed by atoms with Crippen molar-refractivity contribution in [3.8, 4) is 11.5 Å². The number of phenolic OH excluding ortho intramolecular Hbond substituents is 1. The van der Waals surface area contributed by atoms with Crippen LogP contribution in [0.2, 0.25) is 0 Å². The maximum absolute atomic E-state index is 10.3. The van der Waals surface area contributed by atoms with E-state index < -0.39 is 6.10 Å². The van der Waals surface area contributed by atoms with Crippen molar-refractivity contribution >= 4 is 0 Å². The van der Waals surface area contributed by atoms with Crippen LogP contribution in [-0.4, -0.2) is 59.2 Å². The van der Waals surface area contributed by atoms with E-state index in [1.807, 2.05) is 31.4 Å². The number of aliphatic hydroxyl groups is 2. The Morgan fingerprint density at radius 1 is 1.05 bits per heavy atom. The van der Waals surface area contributed by atoms with Crippen LogP contribution in [0.1, 0.15) is 73.4 Å². The summed E-state index contributed by atoms with van der Waals surface area (Å²) in [5.41, 5.74) is 4.20. The smallest absolute Gasteiger partial charge is 0.161 e. The third-order valence-electron chi connectivity index (χ3n) is 7.18. The number of aromatic hydroxyl groups is 1. The molecular weight excluding hydrogens is 494 g/mol. The second kappa shape index (κ2) is 15.7. The fourth-order valence-electron chi connectivity index (χ4n) is 4.77. The molecule has 0 spiro atoms. The zero-order chi connectivity index (χ0) is 28.2. The summed E-state index contributed by atoms with van der Waals surface area (Å²) < 4.78 is 12.0. The zero-order valence-electron chi connectivity index (χ0n) is 23.9. The van der Waals surface area contributed by atoms with E-state index in [2.05, 4.69) is 35.5 Å². The number of H-pyrrole nitrogens is 1. The molecule has 0 amide bonds. The molecule has 8 nitrogen and oxygen atoms in total. The van der Waals surface area contributed by atoms with Crippen LogP contribution in [-0.2, 0) is 32.3 Å². The van der Waals surface area contributed by atoms with Crippen LogP contribution in [0.4, 0.5) is 0 Å². The van der Waals surface area contributed by atoms with Crippen LogP contribution in [0, 0.1) is 0 Å². The van der Waals surface area contributed by atoms with Crippen molar-refractivity contribution in [2.24, 2.45) is 0 Å². The number of unbranched alkanes of at least 4 members (excludes halogenated alkanes) is 1. The van der Waals surface area contributed by atoms with E-state index in [1.165, 1.54) is 5.56 Å². The van der Waals surface area contributed by atoms with E-state index in [4.69, 9.17) is 9.15 Å². The molecule has 0 aliphatic heterocycles. The van der Waals surface area contributed by atoms with E-state index >= 15 is 0 Å². The number of aliphatic hydroxyl groups excluding tert-OH is 2. The first kappa shape index (κ1) is 30.8. The number of aromatic amines is 1. The molecule has 0 fully saturated rings. The minimum Gasteiger partial charge on any atom is -0.504 e. The van der Waals surface area contributed by atoms with Crippen LogP contribution < -0.4 is 15.4 Å². The third kappa shape index (κ3) is 9.42. The molecule has 6 N–H and O–H groups in total. The highest BCUT2D eigenvalue weighted by Crippen LogP contribution is 2.28. The molecular formula is C31H47N3O5. The van der Waals surface area contributed by atoms with Gasteiger partial charge in [-0.25, -0.2) is 0 Å². The molecule has 1 aromatic carbocycles. The van der Waals surface area contributed by atoms with E-state index in [9.17, 15) is 15.3 Å². The van der Waals surface area contributed by atoms with E-state index in [0.717, 1.165) is 60.6 Å². The summed E-state index contributed by atoms with van der Waals surface area (Å²) in [4.78, 5) is 3.35. The van der Waals surface area contributed by atoms with Gasteiger partial charge in [-0.1, -0.05) is 26.3 Å². The third-order valence-corrected chi connectivity index (χ3v) is 7.18. The molecule has 0 aliphatic rings. The Labute approximate surface area is 232 Å². The number of furan rings is 1. The zero-order valence-corrected chi connectivity index (χ0v) is 23.9. The molecule has 0 saturated carbocycles. The lowest BCUT2D eigenvalue weighted by Gasteiger charge is -2.25. The molecule has 0 radical (unpaired) electrons. The lowest BCUT2D eigenvalue weighted by Crippen LogP contribution is -2.43. The van der Waals surface area contributed by atoms with Crippen molar-refractivity contribution in [2.45, 2.75) is 84.0 Å². The Kier molecular flexibility index (Phi) is 12.4. The van der Waals surface area contributed by atoms with Crippen molar-refractivity contribution in [1.29, 1.82) is 0 Å². The highest BCUT2D eigenvalue weighted by molar-refractivity contribution is 5.42. The highest BCUT2D eigenvalue weighted by atomic mass is 16.5. The van der Waals surface area contributed by atoms with Gasteiger partial charge in [-0.2, -0.15) is 0 Å². The Balaban J connectivity index is 1.53. The van der Waals surface area contributed by atoms with Gasteiger partial charge >= 0.3 is 0 Å². The number of aryl methyl sites for hydroxylation is 3. The van der Waals surface area contributed by atoms with E-state index in [-0.39, 0.29) is 24.3 Å². The van der Waals surface area contributed by atoms with Gasteiger partial charge in [-0.3, -0.25) is 0 Å². The molecule has 3 rings (SSSR count). The quantitative estimate of drug-likeness (QED) is 0.143. The van der Waals surface area contributed by atoms with Crippen LogP contribution in [0.3, 0.4) is 0 Å². The average molecular weight is 542 g/mol. The SMILES string of the molecule is CCCCc1oc(CCc2ccc(O)c(OCCc3cc(C(C)C(CNC)NCC(C)O)c[nH]3)c2)cc1CO. The summed E-state index contributed by atoms with van der Waals surface area (Å²) in [5.74, 6) is 2.62. The molecule has 3 unspecified atom stereocenters. The van der Waals surface area contributed by atoms with Gasteiger partial charge in [-0.05, 0) is 68.1 Å². The lowest BCUT2D eigenvalue weighted by molar-refractivity contribution is 0.183. The fourth-order valence-corrected chi connectivity index (χ4v) is 4.77. The monoisotopic (exact) mass is 541 g/mol. The van der Waals surface area contributed by atoms with Crippen molar-refractivity contribution in [3.05, 3.63) is 70.4 Å². The maximum Gasteiger partial charge on any atom is 0.161 e. The van der Waals surface area contributed by atoms with E-state index in [0.29, 0.717) is 31.7 Å². The molecule has 0 bridgehead atoms. The summed E-state index contributed by atoms with van der Waals surface area (Å²) >= 11 is 0. The Bertz CT molecular complexity index is 1120. The Hall–Kier alpha value is -2.78. The molecule has 3 aromatic rings. The van der Waals surface area contributed by atoms with Gasteiger partial charge in [0.15, 0.2) is 11.5 Å². The number of hydrogen-bond donors (Lipinski definition) is 6. The number of rotatable bonds is 18. The summed E-state index contributed by atoms with van der Waals surface area (Å²) in [7, 11) is 1.93. The predicted molar refractivity (Wildman–Crippen MR) is 155 cm³/mol. The minimum atomic E-state index is -0.391. The summed E-state index contributed by atoms with van der Waals surface area (Å²) in [6.07, 6.45) is 6.77. The number of nitrogens with one attached hydrogen (secondary N) is 3. The van der Waals surface area contributed by atoms with Gasteiger partial charge in [-0.15, -0.1) is 0 Å². The summed E-state index contributed by atoms with van der Waals surface area (Å²) in [6.45, 7) is 7.90. The Morgan fingerprint density at radius 2 is 1.87 bits per heavy atom. The topological polar surface area (TPSA) is 123 Å². The normalized spacial score (nSPS) is 13.9. The molecule has 0 aliphatic carbocycles. The maximum atomic E-state index is 10.3. The highest BCUT2D eigenvalue weighted by Gasteiger charge is 2.20. The first-order chi connectivity index (χ1) is 18.8. The van der Waals surface area contributed by atoms with Gasteiger partial charge in [0.25, 0.3) is 0 Å². The van der Waals surface area contributed by atoms with Crippen molar-refractivity contribution in [2.75, 3.05) is 26.7 Å². The average Bonchev–Trinajstić information content (AvgIpc) is 3.56. The number of ether oxygens (including phenoxy) is 1. The van der Waals surface area contributed by atoms with Gasteiger partial charge in [0.1, 0.15) is 11.5 Å². The number of hydrogen-bond acceptors (Lipinski definition) is 7. The van der Waals surface area contributed by atoms with Crippen molar-refractivity contribution in [1.82, 2.24) is 15.6 Å². The molecule has 2 heterocycles. The summed E-state index contributed by atoms with van der Waals surface area (Å²) in [6, 6.07) is 9.79. The first-order valence-corrected chi connectivity index (χ1v) is 14.2. The molecule has 216 valence electrons. The number of aromatic nitrogens is 1. The van der Waals surface area contributed by atoms with Gasteiger partial charge in [0.2, 0.25) is 0 Å². The molecule has 0 saturated heterocycles. The van der Waals surface area contributed by atoms with Crippen LogP contribution in [0.15, 0.2) is 40.9 Å². The van der Waals surface area contributed by atoms with Gasteiger partial charge in [0.05, 0.1) is 19.3 Å². The molecule has 2 aromatic heterocycles. The van der Waals surface area contributed by atoms with Crippen LogP contribution in [0.5, 0.6) is 11.5 Å². The molecule has 3 atom stereocenters. The first-order valence-electron chi connectivity index (χ1n) is 14.2. The second-order valence-corrected chi connectivity index (χ2v) is 10.5. The number of likely N-dealkylation sites (N-methyl/N-ethyl adjacent to an activating group) is 1. The predicted octanol–water partition coefficient (Wildman–Crippen LogP) is 4.22. The van der Waals surface area contributed by atoms with Crippen LogP contribution >= 0.6 is 0 Å². The van der Waals surface area contributed by atoms with Crippen LogP contribution in [0.25, 0.3) is 0 Å². The minimum absolute atomic E-state index is 0.00261. The van der Waals surface area contributed by atoms with Gasteiger partial charge < -0.3 is 40.1 Å². The van der Waals surface area contributed by atoms with Gasteiger partial charge in [0, 0.05) is 55.8 Å². The van der Waals surface area contributed by atoms with Crippen molar-refractivity contribution in [3.63, 3.8) is 0 Å². The largest absolute Gasteiger partial charge is 0.504 e.